The summed E-state index contributed by atoms with van der Waals surface area (Å²) in [6, 6.07) is 0.187. The molecule has 1 aromatic heterocycles. The zero-order valence-corrected chi connectivity index (χ0v) is 9.94. The van der Waals surface area contributed by atoms with Crippen LogP contribution in [0.15, 0.2) is 12.4 Å². The highest BCUT2D eigenvalue weighted by Gasteiger charge is 2.28. The first-order chi connectivity index (χ1) is 7.47. The molecule has 1 aromatic rings. The molecule has 2 atom stereocenters. The molecule has 0 radical (unpaired) electrons. The second kappa shape index (κ2) is 4.15. The summed E-state index contributed by atoms with van der Waals surface area (Å²) in [5.74, 6) is 0. The van der Waals surface area contributed by atoms with Crippen molar-refractivity contribution >= 4 is 10.0 Å². The number of piperidine rings is 1. The van der Waals surface area contributed by atoms with E-state index in [-0.39, 0.29) is 6.04 Å². The average Bonchev–Trinajstić information content (AvgIpc) is 2.64. The Labute approximate surface area is 94.9 Å². The highest BCUT2D eigenvalue weighted by atomic mass is 32.2. The molecule has 90 valence electrons. The van der Waals surface area contributed by atoms with Crippen molar-refractivity contribution in [3.05, 3.63) is 18.0 Å². The van der Waals surface area contributed by atoms with Crippen molar-refractivity contribution in [2.75, 3.05) is 6.54 Å². The zero-order chi connectivity index (χ0) is 11.8. The number of nitrogens with one attached hydrogen (secondary N) is 1. The molecular weight excluding hydrogens is 228 g/mol. The summed E-state index contributed by atoms with van der Waals surface area (Å²) in [5, 5.41) is 11.9. The maximum absolute atomic E-state index is 11.2. The number of hydrogen-bond donors (Lipinski definition) is 2. The molecule has 0 bridgehead atoms. The number of hydrogen-bond acceptors (Lipinski definition) is 4. The van der Waals surface area contributed by atoms with Crippen molar-refractivity contribution < 1.29 is 8.42 Å². The van der Waals surface area contributed by atoms with E-state index in [4.69, 9.17) is 5.14 Å². The van der Waals surface area contributed by atoms with Gasteiger partial charge < -0.3 is 5.32 Å². The quantitative estimate of drug-likeness (QED) is 0.734. The van der Waals surface area contributed by atoms with E-state index in [2.05, 4.69) is 10.4 Å². The van der Waals surface area contributed by atoms with Crippen LogP contribution in [0.3, 0.4) is 0 Å². The Hall–Kier alpha value is -0.920. The standard InChI is InChI=1S/C9H16N4O2S/c1-13-6-7(4-12-13)9-3-2-8(5-11-9)16(10,14)15/h4,6,8-9,11H,2-3,5H2,1H3,(H2,10,14,15). The molecular formula is C9H16N4O2S. The van der Waals surface area contributed by atoms with E-state index in [1.165, 1.54) is 0 Å². The molecule has 16 heavy (non-hydrogen) atoms. The molecule has 2 rings (SSSR count). The van der Waals surface area contributed by atoms with Gasteiger partial charge in [-0.05, 0) is 12.8 Å². The Bertz CT molecular complexity index is 460. The SMILES string of the molecule is Cn1cc(C2CCC(S(N)(=O)=O)CN2)cn1. The predicted octanol–water partition coefficient (Wildman–Crippen LogP) is -0.498. The van der Waals surface area contributed by atoms with Gasteiger partial charge in [-0.2, -0.15) is 5.10 Å². The van der Waals surface area contributed by atoms with E-state index in [0.29, 0.717) is 13.0 Å². The van der Waals surface area contributed by atoms with E-state index < -0.39 is 15.3 Å². The summed E-state index contributed by atoms with van der Waals surface area (Å²) in [5.41, 5.74) is 1.09. The lowest BCUT2D eigenvalue weighted by atomic mass is 10.00. The van der Waals surface area contributed by atoms with E-state index >= 15 is 0 Å². The Morgan fingerprint density at radius 1 is 1.56 bits per heavy atom. The molecule has 7 heteroatoms. The number of aryl methyl sites for hydroxylation is 1. The topological polar surface area (TPSA) is 90.0 Å². The van der Waals surface area contributed by atoms with Gasteiger partial charge in [-0.3, -0.25) is 4.68 Å². The van der Waals surface area contributed by atoms with Crippen molar-refractivity contribution in [3.8, 4) is 0 Å². The van der Waals surface area contributed by atoms with Crippen LogP contribution in [-0.2, 0) is 17.1 Å². The fourth-order valence-electron chi connectivity index (χ4n) is 2.02. The zero-order valence-electron chi connectivity index (χ0n) is 9.13. The third kappa shape index (κ3) is 2.42. The van der Waals surface area contributed by atoms with Crippen molar-refractivity contribution in [1.82, 2.24) is 15.1 Å². The Kier molecular flexibility index (Phi) is 3.00. The van der Waals surface area contributed by atoms with E-state index in [0.717, 1.165) is 12.0 Å². The molecule has 2 heterocycles. The van der Waals surface area contributed by atoms with Crippen LogP contribution >= 0.6 is 0 Å². The molecule has 3 N–H and O–H groups in total. The Morgan fingerprint density at radius 3 is 2.75 bits per heavy atom. The van der Waals surface area contributed by atoms with Gasteiger partial charge in [-0.1, -0.05) is 0 Å². The van der Waals surface area contributed by atoms with Crippen LogP contribution in [0.5, 0.6) is 0 Å². The molecule has 1 saturated heterocycles. The second-order valence-corrected chi connectivity index (χ2v) is 6.04. The Morgan fingerprint density at radius 2 is 2.31 bits per heavy atom. The first-order valence-electron chi connectivity index (χ1n) is 5.20. The van der Waals surface area contributed by atoms with Gasteiger partial charge in [0.2, 0.25) is 10.0 Å². The lowest BCUT2D eigenvalue weighted by molar-refractivity contribution is 0.408. The van der Waals surface area contributed by atoms with Crippen LogP contribution in [-0.4, -0.2) is 30.0 Å². The smallest absolute Gasteiger partial charge is 0.213 e. The third-order valence-electron chi connectivity index (χ3n) is 2.96. The number of rotatable bonds is 2. The molecule has 6 nitrogen and oxygen atoms in total. The highest BCUT2D eigenvalue weighted by Crippen LogP contribution is 2.24. The lowest BCUT2D eigenvalue weighted by Gasteiger charge is -2.27. The lowest BCUT2D eigenvalue weighted by Crippen LogP contribution is -2.43. The number of nitrogens with zero attached hydrogens (tertiary/aromatic N) is 2. The normalized spacial score (nSPS) is 26.9. The minimum absolute atomic E-state index is 0.187. The van der Waals surface area contributed by atoms with E-state index in [1.807, 2.05) is 13.2 Å². The first-order valence-corrected chi connectivity index (χ1v) is 6.81. The second-order valence-electron chi connectivity index (χ2n) is 4.20. The van der Waals surface area contributed by atoms with Crippen molar-refractivity contribution in [3.63, 3.8) is 0 Å². The van der Waals surface area contributed by atoms with Gasteiger partial charge in [0.25, 0.3) is 0 Å². The fraction of sp³-hybridized carbons (Fsp3) is 0.667. The van der Waals surface area contributed by atoms with Gasteiger partial charge in [-0.25, -0.2) is 13.6 Å². The minimum atomic E-state index is -3.41. The van der Waals surface area contributed by atoms with Crippen LogP contribution < -0.4 is 10.5 Å². The Balaban J connectivity index is 2.00. The first kappa shape index (κ1) is 11.6. The largest absolute Gasteiger partial charge is 0.308 e. The van der Waals surface area contributed by atoms with Crippen molar-refractivity contribution in [2.45, 2.75) is 24.1 Å². The maximum Gasteiger partial charge on any atom is 0.213 e. The van der Waals surface area contributed by atoms with Crippen LogP contribution in [0.2, 0.25) is 0 Å². The average molecular weight is 244 g/mol. The van der Waals surface area contributed by atoms with Crippen molar-refractivity contribution in [1.29, 1.82) is 0 Å². The molecule has 0 saturated carbocycles. The van der Waals surface area contributed by atoms with Gasteiger partial charge >= 0.3 is 0 Å². The molecule has 0 amide bonds. The summed E-state index contributed by atoms with van der Waals surface area (Å²) < 4.78 is 24.0. The number of primary sulfonamides is 1. The van der Waals surface area contributed by atoms with Crippen LogP contribution in [0, 0.1) is 0 Å². The molecule has 0 aliphatic carbocycles. The molecule has 1 aliphatic rings. The van der Waals surface area contributed by atoms with Gasteiger partial charge in [0.15, 0.2) is 0 Å². The molecule has 1 aliphatic heterocycles. The number of aromatic nitrogens is 2. The van der Waals surface area contributed by atoms with E-state index in [9.17, 15) is 8.42 Å². The molecule has 0 spiro atoms. The maximum atomic E-state index is 11.2. The van der Waals surface area contributed by atoms with Gasteiger partial charge in [-0.15, -0.1) is 0 Å². The number of sulfonamides is 1. The minimum Gasteiger partial charge on any atom is -0.308 e. The summed E-state index contributed by atoms with van der Waals surface area (Å²) in [7, 11) is -1.55. The monoisotopic (exact) mass is 244 g/mol. The van der Waals surface area contributed by atoms with E-state index in [1.54, 1.807) is 10.9 Å². The van der Waals surface area contributed by atoms with Crippen LogP contribution in [0.1, 0.15) is 24.4 Å². The summed E-state index contributed by atoms with van der Waals surface area (Å²) in [4.78, 5) is 0. The molecule has 1 fully saturated rings. The summed E-state index contributed by atoms with van der Waals surface area (Å²) in [6.45, 7) is 0.415. The fourth-order valence-corrected chi connectivity index (χ4v) is 2.81. The molecule has 0 aromatic carbocycles. The number of nitrogens with two attached hydrogens (primary N) is 1. The van der Waals surface area contributed by atoms with Gasteiger partial charge in [0.05, 0.1) is 11.4 Å². The van der Waals surface area contributed by atoms with Gasteiger partial charge in [0.1, 0.15) is 0 Å². The van der Waals surface area contributed by atoms with Gasteiger partial charge in [0, 0.05) is 31.4 Å². The summed E-state index contributed by atoms with van der Waals surface area (Å²) in [6.07, 6.45) is 5.11. The van der Waals surface area contributed by atoms with Crippen LogP contribution in [0.4, 0.5) is 0 Å². The summed E-state index contributed by atoms with van der Waals surface area (Å²) >= 11 is 0. The third-order valence-corrected chi connectivity index (χ3v) is 4.29. The predicted molar refractivity (Wildman–Crippen MR) is 60.1 cm³/mol. The highest BCUT2D eigenvalue weighted by molar-refractivity contribution is 7.89. The van der Waals surface area contributed by atoms with Crippen molar-refractivity contribution in [2.24, 2.45) is 12.2 Å². The van der Waals surface area contributed by atoms with Crippen LogP contribution in [0.25, 0.3) is 0 Å². The molecule has 2 unspecified atom stereocenters.